The Balaban J connectivity index is 1.11. The van der Waals surface area contributed by atoms with Crippen molar-refractivity contribution >= 4 is 34.4 Å². The molecule has 2 heterocycles. The number of amides is 2. The molecule has 2 amide bonds. The van der Waals surface area contributed by atoms with E-state index in [1.807, 2.05) is 23.1 Å². The first-order chi connectivity index (χ1) is 24.0. The summed E-state index contributed by atoms with van der Waals surface area (Å²) < 4.78 is 47.6. The fourth-order valence-electron chi connectivity index (χ4n) is 6.89. The van der Waals surface area contributed by atoms with Crippen LogP contribution < -0.4 is 15.5 Å². The van der Waals surface area contributed by atoms with E-state index in [0.717, 1.165) is 75.3 Å². The van der Waals surface area contributed by atoms with Gasteiger partial charge in [0.2, 0.25) is 5.91 Å². The number of nitrogens with one attached hydrogen (secondary N) is 1. The van der Waals surface area contributed by atoms with Gasteiger partial charge in [-0.25, -0.2) is 0 Å². The summed E-state index contributed by atoms with van der Waals surface area (Å²) in [5.41, 5.74) is 4.02. The SMILES string of the molecule is O=C(N[C@@H](C=C1CCC(CCc2ccccc2CN2CCCC2=O)CC1)Cc1ccc(Cl)cc1)c1cc(=O)c2cc(OC(F)(F)F)ccc2o1. The maximum absolute atomic E-state index is 13.4. The summed E-state index contributed by atoms with van der Waals surface area (Å²) in [6.45, 7) is 1.50. The summed E-state index contributed by atoms with van der Waals surface area (Å²) in [5.74, 6) is -0.621. The molecule has 1 aromatic heterocycles. The number of carbonyl (C=O) groups is 2. The molecule has 1 N–H and O–H groups in total. The molecule has 262 valence electrons. The minimum Gasteiger partial charge on any atom is -0.451 e. The van der Waals surface area contributed by atoms with E-state index in [-0.39, 0.29) is 22.6 Å². The van der Waals surface area contributed by atoms with Gasteiger partial charge in [0.05, 0.1) is 11.4 Å². The molecule has 3 aromatic carbocycles. The molecule has 1 aliphatic heterocycles. The number of hydrogen-bond donors (Lipinski definition) is 1. The second-order valence-electron chi connectivity index (χ2n) is 13.1. The molecule has 6 rings (SSSR count). The molecule has 2 fully saturated rings. The number of alkyl halides is 3. The zero-order chi connectivity index (χ0) is 35.3. The summed E-state index contributed by atoms with van der Waals surface area (Å²) in [6, 6.07) is 19.5. The lowest BCUT2D eigenvalue weighted by molar-refractivity contribution is -0.274. The van der Waals surface area contributed by atoms with Crippen molar-refractivity contribution in [2.75, 3.05) is 6.54 Å². The standard InChI is InChI=1S/C39H38ClF3N2O5/c40-30-15-12-27(13-16-30)21-31(44-38(48)36-23-34(46)33-22-32(50-39(41,42)43)17-18-35(33)49-36)20-26-9-7-25(8-10-26)11-14-28-4-1-2-5-29(28)24-45-19-3-6-37(45)47/h1-2,4-5,12-13,15-18,20,22-23,25,31H,3,6-11,14,19,21,24H2,(H,44,48)/t25?,31-/m0/s1. The summed E-state index contributed by atoms with van der Waals surface area (Å²) in [6.07, 6.45) is 5.09. The maximum Gasteiger partial charge on any atom is 0.573 e. The zero-order valence-electron chi connectivity index (χ0n) is 27.4. The molecule has 1 aliphatic carbocycles. The lowest BCUT2D eigenvalue weighted by Gasteiger charge is -2.26. The van der Waals surface area contributed by atoms with Crippen LogP contribution in [0, 0.1) is 5.92 Å². The molecule has 7 nitrogen and oxygen atoms in total. The predicted octanol–water partition coefficient (Wildman–Crippen LogP) is 8.56. The first kappa shape index (κ1) is 35.3. The van der Waals surface area contributed by atoms with E-state index in [9.17, 15) is 27.6 Å². The molecule has 2 aliphatic rings. The number of allylic oxidation sites excluding steroid dienone is 1. The van der Waals surface area contributed by atoms with Crippen molar-refractivity contribution in [3.63, 3.8) is 0 Å². The van der Waals surface area contributed by atoms with Gasteiger partial charge in [0, 0.05) is 30.6 Å². The van der Waals surface area contributed by atoms with Crippen molar-refractivity contribution in [1.82, 2.24) is 10.2 Å². The summed E-state index contributed by atoms with van der Waals surface area (Å²) in [4.78, 5) is 40.4. The van der Waals surface area contributed by atoms with Crippen molar-refractivity contribution in [3.05, 3.63) is 122 Å². The molecule has 0 spiro atoms. The van der Waals surface area contributed by atoms with Crippen LogP contribution in [-0.2, 0) is 24.2 Å². The van der Waals surface area contributed by atoms with E-state index < -0.39 is 29.5 Å². The average molecular weight is 707 g/mol. The second kappa shape index (κ2) is 15.5. The van der Waals surface area contributed by atoms with Crippen molar-refractivity contribution in [2.45, 2.75) is 76.7 Å². The van der Waals surface area contributed by atoms with Gasteiger partial charge in [-0.2, -0.15) is 0 Å². The quantitative estimate of drug-likeness (QED) is 0.158. The van der Waals surface area contributed by atoms with Crippen LogP contribution in [0.3, 0.4) is 0 Å². The minimum atomic E-state index is -4.91. The van der Waals surface area contributed by atoms with Gasteiger partial charge in [-0.3, -0.25) is 14.4 Å². The average Bonchev–Trinajstić information content (AvgIpc) is 3.49. The highest BCUT2D eigenvalue weighted by Crippen LogP contribution is 2.33. The highest BCUT2D eigenvalue weighted by atomic mass is 35.5. The molecule has 50 heavy (non-hydrogen) atoms. The Labute approximate surface area is 293 Å². The third-order valence-electron chi connectivity index (χ3n) is 9.50. The number of benzene rings is 3. The lowest BCUT2D eigenvalue weighted by atomic mass is 9.81. The number of aryl methyl sites for hydroxylation is 1. The van der Waals surface area contributed by atoms with Crippen LogP contribution in [-0.4, -0.2) is 35.7 Å². The van der Waals surface area contributed by atoms with Crippen LogP contribution in [0.2, 0.25) is 5.02 Å². The fourth-order valence-corrected chi connectivity index (χ4v) is 7.02. The third kappa shape index (κ3) is 9.35. The summed E-state index contributed by atoms with van der Waals surface area (Å²) in [5, 5.41) is 3.46. The number of ether oxygens (including phenoxy) is 1. The van der Waals surface area contributed by atoms with Gasteiger partial charge in [0.25, 0.3) is 5.91 Å². The van der Waals surface area contributed by atoms with Crippen molar-refractivity contribution < 1.29 is 31.9 Å². The highest BCUT2D eigenvalue weighted by molar-refractivity contribution is 6.30. The Morgan fingerprint density at radius 2 is 1.74 bits per heavy atom. The molecule has 4 aromatic rings. The number of carbonyl (C=O) groups excluding carboxylic acids is 2. The van der Waals surface area contributed by atoms with Gasteiger partial charge in [0.15, 0.2) is 11.2 Å². The van der Waals surface area contributed by atoms with E-state index in [1.54, 1.807) is 12.1 Å². The predicted molar refractivity (Wildman–Crippen MR) is 185 cm³/mol. The molecule has 0 unspecified atom stereocenters. The van der Waals surface area contributed by atoms with Crippen LogP contribution in [0.25, 0.3) is 11.0 Å². The van der Waals surface area contributed by atoms with E-state index >= 15 is 0 Å². The normalized spacial score (nSPS) is 17.2. The molecule has 1 saturated heterocycles. The Morgan fingerprint density at radius 1 is 1.00 bits per heavy atom. The number of likely N-dealkylation sites (tertiary alicyclic amines) is 1. The third-order valence-corrected chi connectivity index (χ3v) is 9.75. The zero-order valence-corrected chi connectivity index (χ0v) is 28.2. The van der Waals surface area contributed by atoms with Gasteiger partial charge in [-0.1, -0.05) is 59.6 Å². The first-order valence-electron chi connectivity index (χ1n) is 16.9. The van der Waals surface area contributed by atoms with E-state index in [4.69, 9.17) is 16.0 Å². The largest absolute Gasteiger partial charge is 0.573 e. The molecular formula is C39H38ClF3N2O5. The number of hydrogen-bond acceptors (Lipinski definition) is 5. The monoisotopic (exact) mass is 706 g/mol. The van der Waals surface area contributed by atoms with Crippen molar-refractivity contribution in [1.29, 1.82) is 0 Å². The van der Waals surface area contributed by atoms with Gasteiger partial charge >= 0.3 is 6.36 Å². The van der Waals surface area contributed by atoms with Gasteiger partial charge in [-0.15, -0.1) is 13.2 Å². The Kier molecular flexibility index (Phi) is 11.0. The van der Waals surface area contributed by atoms with E-state index in [0.29, 0.717) is 30.3 Å². The molecule has 0 bridgehead atoms. The molecule has 1 atom stereocenters. The first-order valence-corrected chi connectivity index (χ1v) is 17.3. The van der Waals surface area contributed by atoms with Gasteiger partial charge < -0.3 is 19.4 Å². The number of fused-ring (bicyclic) bond motifs is 1. The van der Waals surface area contributed by atoms with Crippen LogP contribution in [0.15, 0.2) is 93.7 Å². The second-order valence-corrected chi connectivity index (χ2v) is 13.5. The Hall–Kier alpha value is -4.57. The Bertz CT molecular complexity index is 1930. The van der Waals surface area contributed by atoms with Gasteiger partial charge in [-0.05, 0) is 104 Å². The number of nitrogens with zero attached hydrogens (tertiary/aromatic N) is 1. The van der Waals surface area contributed by atoms with Crippen LogP contribution in [0.4, 0.5) is 13.2 Å². The van der Waals surface area contributed by atoms with E-state index in [1.165, 1.54) is 22.8 Å². The summed E-state index contributed by atoms with van der Waals surface area (Å²) >= 11 is 6.10. The topological polar surface area (TPSA) is 88.9 Å². The van der Waals surface area contributed by atoms with Crippen LogP contribution in [0.5, 0.6) is 5.75 Å². The van der Waals surface area contributed by atoms with Crippen molar-refractivity contribution in [2.24, 2.45) is 5.92 Å². The minimum absolute atomic E-state index is 0.0322. The Morgan fingerprint density at radius 3 is 2.44 bits per heavy atom. The van der Waals surface area contributed by atoms with E-state index in [2.05, 4.69) is 34.3 Å². The number of halogens is 4. The van der Waals surface area contributed by atoms with Crippen LogP contribution in [0.1, 0.15) is 72.2 Å². The van der Waals surface area contributed by atoms with Crippen LogP contribution >= 0.6 is 11.6 Å². The molecule has 11 heteroatoms. The molecule has 1 saturated carbocycles. The number of rotatable bonds is 11. The molecular weight excluding hydrogens is 669 g/mol. The smallest absolute Gasteiger partial charge is 0.451 e. The fraction of sp³-hybridized carbons (Fsp3) is 0.359. The lowest BCUT2D eigenvalue weighted by Crippen LogP contribution is -2.36. The maximum atomic E-state index is 13.4. The highest BCUT2D eigenvalue weighted by Gasteiger charge is 2.31. The summed E-state index contributed by atoms with van der Waals surface area (Å²) in [7, 11) is 0. The molecule has 0 radical (unpaired) electrons. The van der Waals surface area contributed by atoms with Crippen molar-refractivity contribution in [3.8, 4) is 5.75 Å². The van der Waals surface area contributed by atoms with Gasteiger partial charge in [0.1, 0.15) is 11.3 Å².